The van der Waals surface area contributed by atoms with Crippen LogP contribution in [0.4, 0.5) is 5.00 Å². The highest BCUT2D eigenvalue weighted by Crippen LogP contribution is 2.28. The third-order valence-corrected chi connectivity index (χ3v) is 5.37. The van der Waals surface area contributed by atoms with E-state index < -0.39 is 10.9 Å². The van der Waals surface area contributed by atoms with Gasteiger partial charge in [-0.15, -0.1) is 0 Å². The standard InChI is InChI=1S/C15H18N2O6S/c18-13(16-7-8-22-11-4-2-1-3-10(11)16)9-23-15(19)12-5-6-14(24-12)17(20)21/h5-6,10-11H,1-4,7-9H2. The summed E-state index contributed by atoms with van der Waals surface area (Å²) < 4.78 is 10.8. The van der Waals surface area contributed by atoms with Crippen molar-refractivity contribution in [2.24, 2.45) is 0 Å². The van der Waals surface area contributed by atoms with Crippen LogP contribution < -0.4 is 0 Å². The number of carbonyl (C=O) groups is 2. The van der Waals surface area contributed by atoms with Crippen LogP contribution in [0.1, 0.15) is 35.4 Å². The molecule has 2 aliphatic rings. The van der Waals surface area contributed by atoms with Crippen molar-refractivity contribution in [1.29, 1.82) is 0 Å². The number of thiophene rings is 1. The molecule has 0 bridgehead atoms. The van der Waals surface area contributed by atoms with E-state index in [0.29, 0.717) is 13.2 Å². The molecule has 1 amide bonds. The largest absolute Gasteiger partial charge is 0.451 e. The summed E-state index contributed by atoms with van der Waals surface area (Å²) in [5.74, 6) is -0.954. The highest BCUT2D eigenvalue weighted by Gasteiger charge is 2.36. The Labute approximate surface area is 142 Å². The molecule has 2 atom stereocenters. The van der Waals surface area contributed by atoms with E-state index >= 15 is 0 Å². The number of nitrogens with zero attached hydrogens (tertiary/aromatic N) is 2. The zero-order chi connectivity index (χ0) is 17.1. The Bertz CT molecular complexity index is 644. The highest BCUT2D eigenvalue weighted by atomic mass is 32.1. The van der Waals surface area contributed by atoms with Crippen molar-refractivity contribution >= 4 is 28.2 Å². The first-order valence-corrected chi connectivity index (χ1v) is 8.70. The number of amides is 1. The van der Waals surface area contributed by atoms with Gasteiger partial charge in [0.1, 0.15) is 4.88 Å². The number of fused-ring (bicyclic) bond motifs is 1. The monoisotopic (exact) mass is 354 g/mol. The summed E-state index contributed by atoms with van der Waals surface area (Å²) in [7, 11) is 0. The minimum absolute atomic E-state index is 0.0570. The number of rotatable bonds is 4. The number of esters is 1. The normalized spacial score (nSPS) is 23.4. The molecule has 1 aromatic rings. The van der Waals surface area contributed by atoms with Gasteiger partial charge in [0.2, 0.25) is 0 Å². The van der Waals surface area contributed by atoms with Crippen LogP contribution in [0.3, 0.4) is 0 Å². The van der Waals surface area contributed by atoms with Gasteiger partial charge in [0.05, 0.1) is 23.7 Å². The van der Waals surface area contributed by atoms with Gasteiger partial charge in [0, 0.05) is 12.6 Å². The van der Waals surface area contributed by atoms with Gasteiger partial charge in [-0.05, 0) is 18.9 Å². The molecule has 0 aromatic carbocycles. The lowest BCUT2D eigenvalue weighted by molar-refractivity contribution is -0.380. The maximum absolute atomic E-state index is 12.4. The molecule has 24 heavy (non-hydrogen) atoms. The van der Waals surface area contributed by atoms with E-state index in [-0.39, 0.29) is 34.5 Å². The van der Waals surface area contributed by atoms with Crippen molar-refractivity contribution < 1.29 is 24.0 Å². The van der Waals surface area contributed by atoms with E-state index in [0.717, 1.165) is 37.0 Å². The second-order valence-corrected chi connectivity index (χ2v) is 6.88. The van der Waals surface area contributed by atoms with E-state index in [1.54, 1.807) is 4.90 Å². The van der Waals surface area contributed by atoms with Crippen molar-refractivity contribution in [3.63, 3.8) is 0 Å². The molecule has 9 heteroatoms. The summed E-state index contributed by atoms with van der Waals surface area (Å²) >= 11 is 0.736. The lowest BCUT2D eigenvalue weighted by Gasteiger charge is -2.43. The maximum Gasteiger partial charge on any atom is 0.349 e. The molecule has 2 fully saturated rings. The van der Waals surface area contributed by atoms with Gasteiger partial charge in [-0.1, -0.05) is 24.2 Å². The first-order chi connectivity index (χ1) is 11.6. The predicted molar refractivity (Wildman–Crippen MR) is 85.0 cm³/mol. The molecular formula is C15H18N2O6S. The molecule has 1 saturated heterocycles. The fourth-order valence-corrected chi connectivity index (χ4v) is 3.94. The number of hydrogen-bond acceptors (Lipinski definition) is 7. The van der Waals surface area contributed by atoms with Crippen LogP contribution in [0.2, 0.25) is 0 Å². The van der Waals surface area contributed by atoms with Crippen molar-refractivity contribution in [2.45, 2.75) is 37.8 Å². The summed E-state index contributed by atoms with van der Waals surface area (Å²) in [5.41, 5.74) is 0. The Morgan fingerprint density at radius 2 is 2.17 bits per heavy atom. The number of nitro groups is 1. The number of morpholine rings is 1. The first kappa shape index (κ1) is 16.8. The zero-order valence-corrected chi connectivity index (χ0v) is 13.8. The van der Waals surface area contributed by atoms with Crippen LogP contribution in [-0.4, -0.2) is 53.6 Å². The Morgan fingerprint density at radius 1 is 1.38 bits per heavy atom. The van der Waals surface area contributed by atoms with Crippen LogP contribution in [0, 0.1) is 10.1 Å². The Hall–Kier alpha value is -2.00. The molecule has 1 aliphatic heterocycles. The lowest BCUT2D eigenvalue weighted by Crippen LogP contribution is -2.55. The van der Waals surface area contributed by atoms with Gasteiger partial charge in [-0.2, -0.15) is 0 Å². The number of ether oxygens (including phenoxy) is 2. The van der Waals surface area contributed by atoms with Crippen LogP contribution in [0.15, 0.2) is 12.1 Å². The van der Waals surface area contributed by atoms with Crippen molar-refractivity contribution in [3.05, 3.63) is 27.1 Å². The molecule has 0 spiro atoms. The quantitative estimate of drug-likeness (QED) is 0.466. The highest BCUT2D eigenvalue weighted by molar-refractivity contribution is 7.17. The molecule has 1 aliphatic carbocycles. The van der Waals surface area contributed by atoms with Crippen molar-refractivity contribution in [2.75, 3.05) is 19.8 Å². The van der Waals surface area contributed by atoms with Gasteiger partial charge in [0.25, 0.3) is 5.91 Å². The molecule has 1 saturated carbocycles. The van der Waals surface area contributed by atoms with Crippen molar-refractivity contribution in [3.8, 4) is 0 Å². The summed E-state index contributed by atoms with van der Waals surface area (Å²) in [6, 6.07) is 2.64. The molecule has 2 heterocycles. The fraction of sp³-hybridized carbons (Fsp3) is 0.600. The Balaban J connectivity index is 1.56. The Morgan fingerprint density at radius 3 is 2.92 bits per heavy atom. The van der Waals surface area contributed by atoms with Crippen LogP contribution in [0.25, 0.3) is 0 Å². The molecular weight excluding hydrogens is 336 g/mol. The zero-order valence-electron chi connectivity index (χ0n) is 13.0. The van der Waals surface area contributed by atoms with Crippen molar-refractivity contribution in [1.82, 2.24) is 4.90 Å². The summed E-state index contributed by atoms with van der Waals surface area (Å²) in [5, 5.41) is 10.5. The van der Waals surface area contributed by atoms with E-state index in [9.17, 15) is 19.7 Å². The number of carbonyl (C=O) groups excluding carboxylic acids is 2. The van der Waals surface area contributed by atoms with E-state index in [4.69, 9.17) is 9.47 Å². The minimum Gasteiger partial charge on any atom is -0.451 e. The van der Waals surface area contributed by atoms with Gasteiger partial charge in [0.15, 0.2) is 6.61 Å². The predicted octanol–water partition coefficient (Wildman–Crippen LogP) is 1.98. The fourth-order valence-electron chi connectivity index (χ4n) is 3.22. The Kier molecular flexibility index (Phi) is 5.10. The molecule has 0 N–H and O–H groups in total. The van der Waals surface area contributed by atoms with Gasteiger partial charge >= 0.3 is 11.0 Å². The first-order valence-electron chi connectivity index (χ1n) is 7.88. The second kappa shape index (κ2) is 7.27. The summed E-state index contributed by atoms with van der Waals surface area (Å²) in [6.45, 7) is 0.647. The maximum atomic E-state index is 12.4. The van der Waals surface area contributed by atoms with Gasteiger partial charge in [-0.3, -0.25) is 14.9 Å². The average Bonchev–Trinajstić information content (AvgIpc) is 3.09. The van der Waals surface area contributed by atoms with Gasteiger partial charge in [-0.25, -0.2) is 4.79 Å². The molecule has 1 aromatic heterocycles. The van der Waals surface area contributed by atoms with Gasteiger partial charge < -0.3 is 14.4 Å². The van der Waals surface area contributed by atoms with Crippen LogP contribution in [-0.2, 0) is 14.3 Å². The second-order valence-electron chi connectivity index (χ2n) is 5.82. The average molecular weight is 354 g/mol. The lowest BCUT2D eigenvalue weighted by atomic mass is 9.90. The summed E-state index contributed by atoms with van der Waals surface area (Å²) in [6.07, 6.45) is 4.10. The van der Waals surface area contributed by atoms with E-state index in [1.165, 1.54) is 12.1 Å². The topological polar surface area (TPSA) is 99.0 Å². The molecule has 130 valence electrons. The molecule has 0 radical (unpaired) electrons. The summed E-state index contributed by atoms with van der Waals surface area (Å²) in [4.78, 5) is 36.2. The number of hydrogen-bond donors (Lipinski definition) is 0. The van der Waals surface area contributed by atoms with E-state index in [2.05, 4.69) is 0 Å². The third kappa shape index (κ3) is 3.57. The third-order valence-electron chi connectivity index (χ3n) is 4.35. The minimum atomic E-state index is -0.713. The van der Waals surface area contributed by atoms with Crippen LogP contribution in [0.5, 0.6) is 0 Å². The van der Waals surface area contributed by atoms with E-state index in [1.807, 2.05) is 0 Å². The SMILES string of the molecule is O=C(OCC(=O)N1CCOC2CCCCC21)c1ccc([N+](=O)[O-])s1. The smallest absolute Gasteiger partial charge is 0.349 e. The molecule has 2 unspecified atom stereocenters. The van der Waals surface area contributed by atoms with Crippen LogP contribution >= 0.6 is 11.3 Å². The molecule has 3 rings (SSSR count). The molecule has 8 nitrogen and oxygen atoms in total.